The minimum Gasteiger partial charge on any atom is -0.480 e. The Morgan fingerprint density at radius 1 is 1.17 bits per heavy atom. The number of pyridine rings is 1. The largest absolute Gasteiger partial charge is 0.480 e. The molecular formula is C17H19N3O3. The van der Waals surface area contributed by atoms with Gasteiger partial charge in [-0.25, -0.2) is 4.98 Å². The zero-order valence-electron chi connectivity index (χ0n) is 13.3. The Morgan fingerprint density at radius 2 is 1.87 bits per heavy atom. The fourth-order valence-corrected chi connectivity index (χ4v) is 2.21. The van der Waals surface area contributed by atoms with Crippen molar-refractivity contribution in [1.29, 1.82) is 0 Å². The number of hydrogen-bond donors (Lipinski definition) is 2. The van der Waals surface area contributed by atoms with Crippen molar-refractivity contribution in [1.82, 2.24) is 10.3 Å². The summed E-state index contributed by atoms with van der Waals surface area (Å²) < 4.78 is 5.05. The molecule has 1 aromatic heterocycles. The molecule has 0 aliphatic carbocycles. The van der Waals surface area contributed by atoms with Gasteiger partial charge in [-0.2, -0.15) is 0 Å². The number of amides is 2. The van der Waals surface area contributed by atoms with Crippen LogP contribution in [-0.4, -0.2) is 30.5 Å². The highest BCUT2D eigenvalue weighted by molar-refractivity contribution is 5.99. The fourth-order valence-electron chi connectivity index (χ4n) is 2.21. The van der Waals surface area contributed by atoms with Crippen LogP contribution in [0.25, 0.3) is 0 Å². The second kappa shape index (κ2) is 7.40. The molecule has 0 bridgehead atoms. The molecule has 0 saturated carbocycles. The van der Waals surface area contributed by atoms with E-state index >= 15 is 0 Å². The number of carbonyl (C=O) groups excluding carboxylic acids is 2. The van der Waals surface area contributed by atoms with E-state index < -0.39 is 0 Å². The third kappa shape index (κ3) is 4.54. The number of rotatable bonds is 5. The van der Waals surface area contributed by atoms with E-state index in [0.717, 1.165) is 11.1 Å². The zero-order chi connectivity index (χ0) is 16.8. The Hall–Kier alpha value is -2.89. The van der Waals surface area contributed by atoms with Crippen LogP contribution in [-0.2, 0) is 4.79 Å². The summed E-state index contributed by atoms with van der Waals surface area (Å²) in [6, 6.07) is 8.91. The highest BCUT2D eigenvalue weighted by Gasteiger charge is 2.11. The van der Waals surface area contributed by atoms with E-state index in [1.54, 1.807) is 30.5 Å². The number of anilines is 1. The third-order valence-corrected chi connectivity index (χ3v) is 3.13. The molecule has 2 N–H and O–H groups in total. The van der Waals surface area contributed by atoms with E-state index in [1.165, 1.54) is 7.11 Å². The second-order valence-corrected chi connectivity index (χ2v) is 5.17. The van der Waals surface area contributed by atoms with Crippen LogP contribution in [0.2, 0.25) is 0 Å². The molecule has 6 heteroatoms. The lowest BCUT2D eigenvalue weighted by Gasteiger charge is -2.10. The molecule has 0 aliphatic heterocycles. The number of aryl methyl sites for hydroxylation is 2. The molecule has 0 radical (unpaired) electrons. The summed E-state index contributed by atoms with van der Waals surface area (Å²) in [4.78, 5) is 28.0. The number of nitrogens with one attached hydrogen (secondary N) is 2. The molecule has 0 spiro atoms. The molecule has 2 rings (SSSR count). The smallest absolute Gasteiger partial charge is 0.251 e. The summed E-state index contributed by atoms with van der Waals surface area (Å²) >= 11 is 0. The highest BCUT2D eigenvalue weighted by Crippen LogP contribution is 2.19. The molecule has 0 fully saturated rings. The van der Waals surface area contributed by atoms with Crippen LogP contribution >= 0.6 is 0 Å². The summed E-state index contributed by atoms with van der Waals surface area (Å²) in [7, 11) is 1.47. The molecule has 0 unspecified atom stereocenters. The maximum atomic E-state index is 12.1. The van der Waals surface area contributed by atoms with E-state index in [0.29, 0.717) is 17.1 Å². The molecule has 120 valence electrons. The van der Waals surface area contributed by atoms with Crippen LogP contribution in [0, 0.1) is 13.8 Å². The first-order valence-electron chi connectivity index (χ1n) is 7.15. The van der Waals surface area contributed by atoms with Gasteiger partial charge in [0, 0.05) is 11.8 Å². The Kier molecular flexibility index (Phi) is 5.30. The normalized spacial score (nSPS) is 10.0. The Labute approximate surface area is 134 Å². The molecule has 23 heavy (non-hydrogen) atoms. The van der Waals surface area contributed by atoms with Gasteiger partial charge in [0.15, 0.2) is 0 Å². The van der Waals surface area contributed by atoms with Crippen molar-refractivity contribution in [2.45, 2.75) is 13.8 Å². The molecule has 2 aromatic rings. The molecule has 0 aliphatic rings. The van der Waals surface area contributed by atoms with E-state index in [9.17, 15) is 9.59 Å². The van der Waals surface area contributed by atoms with Crippen molar-refractivity contribution in [3.05, 3.63) is 53.2 Å². The predicted octanol–water partition coefficient (Wildman–Crippen LogP) is 2.08. The van der Waals surface area contributed by atoms with Gasteiger partial charge in [0.05, 0.1) is 13.7 Å². The monoisotopic (exact) mass is 313 g/mol. The molecule has 0 saturated heterocycles. The number of hydrogen-bond acceptors (Lipinski definition) is 4. The van der Waals surface area contributed by atoms with Gasteiger partial charge in [0.1, 0.15) is 5.69 Å². The van der Waals surface area contributed by atoms with Crippen molar-refractivity contribution in [3.8, 4) is 5.88 Å². The summed E-state index contributed by atoms with van der Waals surface area (Å²) in [5, 5.41) is 5.25. The SMILES string of the molecule is COc1ncccc1NC(=O)CNC(=O)c1cc(C)cc(C)c1. The number of aromatic nitrogens is 1. The first kappa shape index (κ1) is 16.5. The van der Waals surface area contributed by atoms with Gasteiger partial charge in [0.25, 0.3) is 5.91 Å². The summed E-state index contributed by atoms with van der Waals surface area (Å²) in [6.07, 6.45) is 1.57. The van der Waals surface area contributed by atoms with Gasteiger partial charge >= 0.3 is 0 Å². The number of benzene rings is 1. The van der Waals surface area contributed by atoms with Crippen molar-refractivity contribution in [2.24, 2.45) is 0 Å². The maximum absolute atomic E-state index is 12.1. The van der Waals surface area contributed by atoms with Crippen LogP contribution in [0.15, 0.2) is 36.5 Å². The average molecular weight is 313 g/mol. The Balaban J connectivity index is 1.95. The van der Waals surface area contributed by atoms with Gasteiger partial charge in [-0.05, 0) is 38.1 Å². The summed E-state index contributed by atoms with van der Waals surface area (Å²) in [5.74, 6) is -0.319. The fraction of sp³-hybridized carbons (Fsp3) is 0.235. The molecular weight excluding hydrogens is 294 g/mol. The second-order valence-electron chi connectivity index (χ2n) is 5.17. The van der Waals surface area contributed by atoms with Crippen LogP contribution in [0.3, 0.4) is 0 Å². The molecule has 6 nitrogen and oxygen atoms in total. The summed E-state index contributed by atoms with van der Waals surface area (Å²) in [5.41, 5.74) is 2.99. The van der Waals surface area contributed by atoms with Crippen LogP contribution < -0.4 is 15.4 Å². The Morgan fingerprint density at radius 3 is 2.52 bits per heavy atom. The van der Waals surface area contributed by atoms with Crippen molar-refractivity contribution < 1.29 is 14.3 Å². The topological polar surface area (TPSA) is 80.3 Å². The van der Waals surface area contributed by atoms with Crippen molar-refractivity contribution >= 4 is 17.5 Å². The van der Waals surface area contributed by atoms with Crippen molar-refractivity contribution in [3.63, 3.8) is 0 Å². The van der Waals surface area contributed by atoms with Gasteiger partial charge in [-0.1, -0.05) is 17.2 Å². The van der Waals surface area contributed by atoms with E-state index in [-0.39, 0.29) is 18.4 Å². The van der Waals surface area contributed by atoms with Gasteiger partial charge in [0.2, 0.25) is 11.8 Å². The minimum absolute atomic E-state index is 0.135. The minimum atomic E-state index is -0.353. The standard InChI is InChI=1S/C17H19N3O3/c1-11-7-12(2)9-13(8-11)16(22)19-10-15(21)20-14-5-4-6-18-17(14)23-3/h4-9H,10H2,1-3H3,(H,19,22)(H,20,21). The lowest BCUT2D eigenvalue weighted by Crippen LogP contribution is -2.33. The van der Waals surface area contributed by atoms with Crippen molar-refractivity contribution in [2.75, 3.05) is 19.0 Å². The lowest BCUT2D eigenvalue weighted by molar-refractivity contribution is -0.115. The summed E-state index contributed by atoms with van der Waals surface area (Å²) in [6.45, 7) is 3.71. The average Bonchev–Trinajstić information content (AvgIpc) is 2.52. The highest BCUT2D eigenvalue weighted by atomic mass is 16.5. The zero-order valence-corrected chi connectivity index (χ0v) is 13.3. The number of methoxy groups -OCH3 is 1. The van der Waals surface area contributed by atoms with Crippen LogP contribution in [0.4, 0.5) is 5.69 Å². The number of nitrogens with zero attached hydrogens (tertiary/aromatic N) is 1. The molecule has 0 atom stereocenters. The maximum Gasteiger partial charge on any atom is 0.251 e. The number of ether oxygens (including phenoxy) is 1. The van der Waals surface area contributed by atoms with E-state index in [1.807, 2.05) is 19.9 Å². The third-order valence-electron chi connectivity index (χ3n) is 3.13. The van der Waals surface area contributed by atoms with E-state index in [4.69, 9.17) is 4.74 Å². The quantitative estimate of drug-likeness (QED) is 0.885. The molecule has 1 heterocycles. The lowest BCUT2D eigenvalue weighted by atomic mass is 10.1. The van der Waals surface area contributed by atoms with Crippen LogP contribution in [0.5, 0.6) is 5.88 Å². The predicted molar refractivity (Wildman–Crippen MR) is 87.7 cm³/mol. The first-order valence-corrected chi connectivity index (χ1v) is 7.15. The van der Waals surface area contributed by atoms with Gasteiger partial charge in [-0.15, -0.1) is 0 Å². The van der Waals surface area contributed by atoms with Crippen LogP contribution in [0.1, 0.15) is 21.5 Å². The molecule has 1 aromatic carbocycles. The Bertz CT molecular complexity index is 709. The van der Waals surface area contributed by atoms with E-state index in [2.05, 4.69) is 15.6 Å². The van der Waals surface area contributed by atoms with Gasteiger partial charge in [-0.3, -0.25) is 9.59 Å². The molecule has 2 amide bonds. The number of carbonyl (C=O) groups is 2. The van der Waals surface area contributed by atoms with Gasteiger partial charge < -0.3 is 15.4 Å². The first-order chi connectivity index (χ1) is 11.0.